The number of ether oxygens (including phenoxy) is 1. The lowest BCUT2D eigenvalue weighted by molar-refractivity contribution is 0.103. The molecule has 0 aliphatic rings. The summed E-state index contributed by atoms with van der Waals surface area (Å²) < 4.78 is 5.70. The highest BCUT2D eigenvalue weighted by atomic mass is 16.5. The number of rotatable bonds is 7. The lowest BCUT2D eigenvalue weighted by Gasteiger charge is -2.11. The standard InChI is InChI=1S/C18H23N3O2/c1-21(2)9-4-10-23-15-6-3-5-13(11-15)18(22)14-7-8-16(19)17(20)12-14/h3,5-8,11-12H,4,9-10,19-20H2,1-2H3. The molecule has 0 saturated carbocycles. The molecule has 0 amide bonds. The zero-order valence-electron chi connectivity index (χ0n) is 13.6. The van der Waals surface area contributed by atoms with Gasteiger partial charge in [0.05, 0.1) is 18.0 Å². The van der Waals surface area contributed by atoms with Crippen molar-refractivity contribution in [2.75, 3.05) is 38.7 Å². The van der Waals surface area contributed by atoms with Gasteiger partial charge in [-0.15, -0.1) is 0 Å². The van der Waals surface area contributed by atoms with Crippen molar-refractivity contribution >= 4 is 17.2 Å². The second-order valence-electron chi connectivity index (χ2n) is 5.71. The molecular formula is C18H23N3O2. The van der Waals surface area contributed by atoms with E-state index in [1.165, 1.54) is 0 Å². The van der Waals surface area contributed by atoms with Crippen LogP contribution in [0.15, 0.2) is 42.5 Å². The predicted octanol–water partition coefficient (Wildman–Crippen LogP) is 2.41. The molecule has 0 radical (unpaired) electrons. The van der Waals surface area contributed by atoms with Crippen LogP contribution in [0.25, 0.3) is 0 Å². The van der Waals surface area contributed by atoms with Gasteiger partial charge in [0.2, 0.25) is 0 Å². The van der Waals surface area contributed by atoms with Gasteiger partial charge in [0, 0.05) is 17.7 Å². The van der Waals surface area contributed by atoms with Crippen molar-refractivity contribution < 1.29 is 9.53 Å². The molecule has 0 aromatic heterocycles. The summed E-state index contributed by atoms with van der Waals surface area (Å²) in [4.78, 5) is 14.6. The minimum atomic E-state index is -0.101. The summed E-state index contributed by atoms with van der Waals surface area (Å²) in [5.74, 6) is 0.591. The summed E-state index contributed by atoms with van der Waals surface area (Å²) in [6.07, 6.45) is 0.930. The summed E-state index contributed by atoms with van der Waals surface area (Å²) in [7, 11) is 4.05. The van der Waals surface area contributed by atoms with E-state index in [2.05, 4.69) is 4.90 Å². The number of benzene rings is 2. The molecule has 0 aliphatic heterocycles. The van der Waals surface area contributed by atoms with E-state index < -0.39 is 0 Å². The number of nitrogens with two attached hydrogens (primary N) is 2. The smallest absolute Gasteiger partial charge is 0.193 e. The van der Waals surface area contributed by atoms with E-state index in [-0.39, 0.29) is 5.78 Å². The van der Waals surface area contributed by atoms with Gasteiger partial charge in [0.25, 0.3) is 0 Å². The van der Waals surface area contributed by atoms with E-state index in [1.807, 2.05) is 26.2 Å². The van der Waals surface area contributed by atoms with Gasteiger partial charge >= 0.3 is 0 Å². The molecule has 0 fully saturated rings. The Kier molecular flexibility index (Phi) is 5.60. The fourth-order valence-electron chi connectivity index (χ4n) is 2.18. The predicted molar refractivity (Wildman–Crippen MR) is 93.8 cm³/mol. The summed E-state index contributed by atoms with van der Waals surface area (Å²) in [6, 6.07) is 12.1. The molecule has 0 saturated heterocycles. The second-order valence-corrected chi connectivity index (χ2v) is 5.71. The van der Waals surface area contributed by atoms with E-state index >= 15 is 0 Å². The van der Waals surface area contributed by atoms with Crippen LogP contribution in [0.2, 0.25) is 0 Å². The van der Waals surface area contributed by atoms with Crippen molar-refractivity contribution in [3.05, 3.63) is 53.6 Å². The molecule has 0 atom stereocenters. The minimum Gasteiger partial charge on any atom is -0.494 e. The Morgan fingerprint density at radius 1 is 1.04 bits per heavy atom. The quantitative estimate of drug-likeness (QED) is 0.466. The number of carbonyl (C=O) groups is 1. The first kappa shape index (κ1) is 16.8. The van der Waals surface area contributed by atoms with Gasteiger partial charge < -0.3 is 21.1 Å². The van der Waals surface area contributed by atoms with Crippen LogP contribution in [0.3, 0.4) is 0 Å². The van der Waals surface area contributed by atoms with E-state index in [0.717, 1.165) is 13.0 Å². The lowest BCUT2D eigenvalue weighted by atomic mass is 10.0. The van der Waals surface area contributed by atoms with Gasteiger partial charge in [-0.2, -0.15) is 0 Å². The van der Waals surface area contributed by atoms with E-state index in [1.54, 1.807) is 30.3 Å². The fourth-order valence-corrected chi connectivity index (χ4v) is 2.18. The van der Waals surface area contributed by atoms with Gasteiger partial charge in [0.1, 0.15) is 5.75 Å². The Morgan fingerprint density at radius 2 is 1.78 bits per heavy atom. The van der Waals surface area contributed by atoms with Gasteiger partial charge in [0.15, 0.2) is 5.78 Å². The first-order valence-electron chi connectivity index (χ1n) is 7.54. The Morgan fingerprint density at radius 3 is 2.48 bits per heavy atom. The largest absolute Gasteiger partial charge is 0.494 e. The van der Waals surface area contributed by atoms with Crippen molar-refractivity contribution in [2.24, 2.45) is 0 Å². The van der Waals surface area contributed by atoms with E-state index in [4.69, 9.17) is 16.2 Å². The molecule has 23 heavy (non-hydrogen) atoms. The van der Waals surface area contributed by atoms with Crippen LogP contribution >= 0.6 is 0 Å². The number of hydrogen-bond acceptors (Lipinski definition) is 5. The van der Waals surface area contributed by atoms with Gasteiger partial charge in [-0.3, -0.25) is 4.79 Å². The number of carbonyl (C=O) groups excluding carboxylic acids is 1. The highest BCUT2D eigenvalue weighted by Gasteiger charge is 2.11. The third-order valence-corrected chi connectivity index (χ3v) is 3.46. The number of anilines is 2. The highest BCUT2D eigenvalue weighted by Crippen LogP contribution is 2.21. The van der Waals surface area contributed by atoms with E-state index in [9.17, 15) is 4.79 Å². The first-order valence-corrected chi connectivity index (χ1v) is 7.54. The Hall–Kier alpha value is -2.53. The summed E-state index contributed by atoms with van der Waals surface area (Å²) >= 11 is 0. The number of nitrogens with zero attached hydrogens (tertiary/aromatic N) is 1. The molecule has 0 bridgehead atoms. The second kappa shape index (κ2) is 7.65. The van der Waals surface area contributed by atoms with Crippen LogP contribution in [-0.2, 0) is 0 Å². The Bertz CT molecular complexity index is 684. The molecule has 2 aromatic carbocycles. The molecule has 5 nitrogen and oxygen atoms in total. The highest BCUT2D eigenvalue weighted by molar-refractivity contribution is 6.10. The van der Waals surface area contributed by atoms with Crippen LogP contribution in [-0.4, -0.2) is 37.9 Å². The van der Waals surface area contributed by atoms with Crippen LogP contribution in [0.4, 0.5) is 11.4 Å². The molecule has 122 valence electrons. The third-order valence-electron chi connectivity index (χ3n) is 3.46. The van der Waals surface area contributed by atoms with Gasteiger partial charge in [-0.05, 0) is 50.8 Å². The fraction of sp³-hybridized carbons (Fsp3) is 0.278. The zero-order chi connectivity index (χ0) is 16.8. The average molecular weight is 313 g/mol. The molecule has 0 aliphatic carbocycles. The summed E-state index contributed by atoms with van der Waals surface area (Å²) in [5.41, 5.74) is 13.4. The third kappa shape index (κ3) is 4.72. The molecule has 2 rings (SSSR count). The van der Waals surface area contributed by atoms with Crippen molar-refractivity contribution in [1.82, 2.24) is 4.90 Å². The average Bonchev–Trinajstić information content (AvgIpc) is 2.53. The van der Waals surface area contributed by atoms with Crippen molar-refractivity contribution in [3.8, 4) is 5.75 Å². The minimum absolute atomic E-state index is 0.101. The van der Waals surface area contributed by atoms with Crippen molar-refractivity contribution in [1.29, 1.82) is 0 Å². The Balaban J connectivity index is 2.06. The van der Waals surface area contributed by atoms with Gasteiger partial charge in [-0.1, -0.05) is 12.1 Å². The monoisotopic (exact) mass is 313 g/mol. The lowest BCUT2D eigenvalue weighted by Crippen LogP contribution is -2.15. The topological polar surface area (TPSA) is 81.6 Å². The van der Waals surface area contributed by atoms with Crippen LogP contribution in [0.1, 0.15) is 22.3 Å². The molecule has 0 spiro atoms. The van der Waals surface area contributed by atoms with E-state index in [0.29, 0.717) is 34.9 Å². The molecular weight excluding hydrogens is 290 g/mol. The molecule has 0 heterocycles. The van der Waals surface area contributed by atoms with Gasteiger partial charge in [-0.25, -0.2) is 0 Å². The molecule has 5 heteroatoms. The summed E-state index contributed by atoms with van der Waals surface area (Å²) in [5, 5.41) is 0. The number of hydrogen-bond donors (Lipinski definition) is 2. The normalized spacial score (nSPS) is 10.7. The van der Waals surface area contributed by atoms with Crippen LogP contribution in [0, 0.1) is 0 Å². The number of nitrogen functional groups attached to an aromatic ring is 2. The summed E-state index contributed by atoms with van der Waals surface area (Å²) in [6.45, 7) is 1.58. The maximum Gasteiger partial charge on any atom is 0.193 e. The maximum absolute atomic E-state index is 12.5. The molecule has 0 unspecified atom stereocenters. The number of ketones is 1. The molecule has 4 N–H and O–H groups in total. The Labute approximate surface area is 136 Å². The zero-order valence-corrected chi connectivity index (χ0v) is 13.6. The SMILES string of the molecule is CN(C)CCCOc1cccc(C(=O)c2ccc(N)c(N)c2)c1. The molecule has 2 aromatic rings. The van der Waals surface area contributed by atoms with Crippen LogP contribution < -0.4 is 16.2 Å². The van der Waals surface area contributed by atoms with Crippen molar-refractivity contribution in [2.45, 2.75) is 6.42 Å². The first-order chi connectivity index (χ1) is 11.0. The van der Waals surface area contributed by atoms with Crippen LogP contribution in [0.5, 0.6) is 5.75 Å². The maximum atomic E-state index is 12.5. The van der Waals surface area contributed by atoms with Crippen molar-refractivity contribution in [3.63, 3.8) is 0 Å².